The van der Waals surface area contributed by atoms with E-state index in [1.165, 1.54) is 0 Å². The number of thioether (sulfide) groups is 1. The highest BCUT2D eigenvalue weighted by atomic mass is 32.2. The first kappa shape index (κ1) is 17.8. The van der Waals surface area contributed by atoms with Crippen molar-refractivity contribution in [2.75, 3.05) is 5.75 Å². The molecule has 0 heterocycles. The minimum Gasteiger partial charge on any atom is -0.459 e. The third-order valence-corrected chi connectivity index (χ3v) is 3.68. The molecule has 0 bridgehead atoms. The summed E-state index contributed by atoms with van der Waals surface area (Å²) in [5.41, 5.74) is -0.422. The number of halogens is 1. The van der Waals surface area contributed by atoms with Crippen LogP contribution in [0.25, 0.3) is 0 Å². The molecule has 0 rings (SSSR count). The highest BCUT2D eigenvalue weighted by Crippen LogP contribution is 2.19. The summed E-state index contributed by atoms with van der Waals surface area (Å²) >= 11 is 1.59. The summed E-state index contributed by atoms with van der Waals surface area (Å²) in [6.07, 6.45) is 2.42. The fraction of sp³-hybridized carbons (Fsp3) is 0.929. The Kier molecular flexibility index (Phi) is 8.66. The number of hydrogen-bond donors (Lipinski definition) is 0. The molecule has 0 saturated carbocycles. The summed E-state index contributed by atoms with van der Waals surface area (Å²) in [5, 5.41) is -0.142. The van der Waals surface area contributed by atoms with Crippen LogP contribution in [0.4, 0.5) is 4.39 Å². The summed E-state index contributed by atoms with van der Waals surface area (Å²) in [6, 6.07) is 0. The van der Waals surface area contributed by atoms with Gasteiger partial charge in [-0.05, 0) is 59.1 Å². The second-order valence-electron chi connectivity index (χ2n) is 5.55. The van der Waals surface area contributed by atoms with Crippen molar-refractivity contribution in [2.45, 2.75) is 77.3 Å². The smallest absolute Gasteiger partial charge is 0.319 e. The first-order chi connectivity index (χ1) is 8.26. The van der Waals surface area contributed by atoms with Crippen LogP contribution in [0.3, 0.4) is 0 Å². The molecule has 0 amide bonds. The van der Waals surface area contributed by atoms with E-state index in [0.29, 0.717) is 12.8 Å². The Labute approximate surface area is 115 Å². The molecular formula is C14H27FO2S. The molecule has 0 spiro atoms. The van der Waals surface area contributed by atoms with Crippen LogP contribution in [0.1, 0.15) is 60.3 Å². The molecule has 0 aromatic carbocycles. The van der Waals surface area contributed by atoms with Gasteiger partial charge in [-0.25, -0.2) is 4.39 Å². The van der Waals surface area contributed by atoms with Crippen LogP contribution in [-0.2, 0) is 9.53 Å². The van der Waals surface area contributed by atoms with Crippen molar-refractivity contribution in [2.24, 2.45) is 0 Å². The Morgan fingerprint density at radius 1 is 1.33 bits per heavy atom. The van der Waals surface area contributed by atoms with E-state index in [1.807, 2.05) is 34.6 Å². The van der Waals surface area contributed by atoms with Crippen LogP contribution in [0.2, 0.25) is 0 Å². The molecule has 0 aliphatic rings. The average Bonchev–Trinajstić information content (AvgIpc) is 2.25. The van der Waals surface area contributed by atoms with Gasteiger partial charge in [0.1, 0.15) is 5.60 Å². The Bertz CT molecular complexity index is 238. The van der Waals surface area contributed by atoms with Gasteiger partial charge in [0.25, 0.3) is 0 Å². The van der Waals surface area contributed by atoms with Gasteiger partial charge in [0.05, 0.1) is 11.4 Å². The van der Waals surface area contributed by atoms with Crippen LogP contribution in [0.5, 0.6) is 0 Å². The molecule has 0 fully saturated rings. The molecular weight excluding hydrogens is 251 g/mol. The maximum Gasteiger partial charge on any atom is 0.319 e. The first-order valence-electron chi connectivity index (χ1n) is 6.74. The number of esters is 1. The van der Waals surface area contributed by atoms with Crippen molar-refractivity contribution in [1.29, 1.82) is 0 Å². The van der Waals surface area contributed by atoms with E-state index in [0.717, 1.165) is 18.6 Å². The summed E-state index contributed by atoms with van der Waals surface area (Å²) in [4.78, 5) is 11.7. The normalized spacial score (nSPS) is 15.2. The maximum atomic E-state index is 13.0. The molecule has 0 aliphatic heterocycles. The lowest BCUT2D eigenvalue weighted by molar-refractivity contribution is -0.153. The van der Waals surface area contributed by atoms with Gasteiger partial charge in [-0.15, -0.1) is 11.8 Å². The topological polar surface area (TPSA) is 26.3 Å². The number of carbonyl (C=O) groups is 1. The van der Waals surface area contributed by atoms with E-state index < -0.39 is 11.8 Å². The Hall–Kier alpha value is -0.250. The molecule has 4 heteroatoms. The molecule has 0 aromatic heterocycles. The molecule has 2 nitrogen and oxygen atoms in total. The number of alkyl halides is 1. The first-order valence-corrected chi connectivity index (χ1v) is 7.79. The number of hydrogen-bond acceptors (Lipinski definition) is 3. The van der Waals surface area contributed by atoms with Gasteiger partial charge in [0.2, 0.25) is 0 Å². The number of unbranched alkanes of at least 4 members (excludes halogenated alkanes) is 1. The second kappa shape index (κ2) is 8.78. The molecule has 0 aliphatic carbocycles. The quantitative estimate of drug-likeness (QED) is 0.487. The van der Waals surface area contributed by atoms with Crippen molar-refractivity contribution in [3.8, 4) is 0 Å². The Morgan fingerprint density at radius 3 is 2.44 bits per heavy atom. The molecule has 0 aromatic rings. The van der Waals surface area contributed by atoms with Crippen LogP contribution in [0, 0.1) is 0 Å². The van der Waals surface area contributed by atoms with Crippen LogP contribution in [0.15, 0.2) is 0 Å². The molecule has 2 unspecified atom stereocenters. The molecule has 18 heavy (non-hydrogen) atoms. The lowest BCUT2D eigenvalue weighted by Crippen LogP contribution is -2.29. The monoisotopic (exact) mass is 278 g/mol. The molecule has 0 saturated heterocycles. The highest BCUT2D eigenvalue weighted by Gasteiger charge is 2.21. The summed E-state index contributed by atoms with van der Waals surface area (Å²) in [5.74, 6) is 0.723. The average molecular weight is 278 g/mol. The largest absolute Gasteiger partial charge is 0.459 e. The van der Waals surface area contributed by atoms with E-state index in [1.54, 1.807) is 11.8 Å². The summed E-state index contributed by atoms with van der Waals surface area (Å²) in [7, 11) is 0. The van der Waals surface area contributed by atoms with Gasteiger partial charge in [-0.1, -0.05) is 6.92 Å². The fourth-order valence-electron chi connectivity index (χ4n) is 1.38. The minimum atomic E-state index is -0.668. The molecule has 108 valence electrons. The van der Waals surface area contributed by atoms with Crippen molar-refractivity contribution < 1.29 is 13.9 Å². The lowest BCUT2D eigenvalue weighted by Gasteiger charge is -2.22. The number of rotatable bonds is 8. The summed E-state index contributed by atoms with van der Waals surface area (Å²) < 4.78 is 18.2. The van der Waals surface area contributed by atoms with Crippen LogP contribution < -0.4 is 0 Å². The summed E-state index contributed by atoms with van der Waals surface area (Å²) in [6.45, 7) is 9.34. The maximum absolute atomic E-state index is 13.0. The van der Waals surface area contributed by atoms with E-state index in [-0.39, 0.29) is 11.2 Å². The Balaban J connectivity index is 3.64. The van der Waals surface area contributed by atoms with Gasteiger partial charge in [-0.2, -0.15) is 0 Å². The van der Waals surface area contributed by atoms with Crippen molar-refractivity contribution in [3.05, 3.63) is 0 Å². The van der Waals surface area contributed by atoms with E-state index in [4.69, 9.17) is 4.74 Å². The standard InChI is InChI=1S/C14H27FO2S/c1-6-12(15)9-7-8-10-18-11(2)13(16)17-14(3,4)5/h11-12H,6-10H2,1-5H3. The third-order valence-electron chi connectivity index (χ3n) is 2.46. The molecule has 2 atom stereocenters. The van der Waals surface area contributed by atoms with Gasteiger partial charge in [-0.3, -0.25) is 4.79 Å². The predicted molar refractivity (Wildman–Crippen MR) is 76.8 cm³/mol. The van der Waals surface area contributed by atoms with Crippen molar-refractivity contribution in [1.82, 2.24) is 0 Å². The fourth-order valence-corrected chi connectivity index (χ4v) is 2.29. The van der Waals surface area contributed by atoms with Crippen molar-refractivity contribution in [3.63, 3.8) is 0 Å². The van der Waals surface area contributed by atoms with Gasteiger partial charge >= 0.3 is 5.97 Å². The van der Waals surface area contributed by atoms with Gasteiger partial charge < -0.3 is 4.74 Å². The van der Waals surface area contributed by atoms with E-state index in [2.05, 4.69) is 0 Å². The SMILES string of the molecule is CCC(F)CCCCSC(C)C(=O)OC(C)(C)C. The second-order valence-corrected chi connectivity index (χ2v) is 7.00. The number of carbonyl (C=O) groups excluding carboxylic acids is 1. The molecule has 0 radical (unpaired) electrons. The third kappa shape index (κ3) is 9.75. The number of ether oxygens (including phenoxy) is 1. The van der Waals surface area contributed by atoms with E-state index >= 15 is 0 Å². The lowest BCUT2D eigenvalue weighted by atomic mass is 10.1. The van der Waals surface area contributed by atoms with Crippen LogP contribution >= 0.6 is 11.8 Å². The van der Waals surface area contributed by atoms with Crippen LogP contribution in [-0.4, -0.2) is 28.7 Å². The minimum absolute atomic E-state index is 0.142. The molecule has 0 N–H and O–H groups in total. The van der Waals surface area contributed by atoms with Gasteiger partial charge in [0.15, 0.2) is 0 Å². The predicted octanol–water partition coefficient (Wildman–Crippen LogP) is 4.37. The van der Waals surface area contributed by atoms with Gasteiger partial charge in [0, 0.05) is 0 Å². The van der Waals surface area contributed by atoms with Crippen molar-refractivity contribution >= 4 is 17.7 Å². The Morgan fingerprint density at radius 2 is 1.94 bits per heavy atom. The zero-order valence-corrected chi connectivity index (χ0v) is 13.1. The zero-order chi connectivity index (χ0) is 14.2. The zero-order valence-electron chi connectivity index (χ0n) is 12.3. The van der Waals surface area contributed by atoms with E-state index in [9.17, 15) is 9.18 Å². The highest BCUT2D eigenvalue weighted by molar-refractivity contribution is 8.00.